The molecule has 0 bridgehead atoms. The summed E-state index contributed by atoms with van der Waals surface area (Å²) in [6.45, 7) is 0. The molecule has 2 rings (SSSR count). The van der Waals surface area contributed by atoms with Crippen molar-refractivity contribution in [3.05, 3.63) is 0 Å². The van der Waals surface area contributed by atoms with Crippen molar-refractivity contribution in [1.29, 1.82) is 0 Å². The van der Waals surface area contributed by atoms with Crippen LogP contribution in [0.2, 0.25) is 0 Å². The molecule has 2 saturated carbocycles. The van der Waals surface area contributed by atoms with Crippen molar-refractivity contribution >= 4 is 0 Å². The summed E-state index contributed by atoms with van der Waals surface area (Å²) in [5.41, 5.74) is 0. The number of hydrogen-bond acceptors (Lipinski definition) is 2. The second kappa shape index (κ2) is 4.63. The summed E-state index contributed by atoms with van der Waals surface area (Å²) in [7, 11) is 0. The van der Waals surface area contributed by atoms with Gasteiger partial charge in [-0.25, -0.2) is 0 Å². The third-order valence-corrected chi connectivity index (χ3v) is 4.10. The highest BCUT2D eigenvalue weighted by Crippen LogP contribution is 2.38. The van der Waals surface area contributed by atoms with Gasteiger partial charge >= 0.3 is 0 Å². The molecule has 0 aromatic carbocycles. The second-order valence-electron chi connectivity index (χ2n) is 5.15. The fourth-order valence-electron chi connectivity index (χ4n) is 3.20. The van der Waals surface area contributed by atoms with Gasteiger partial charge in [0.25, 0.3) is 0 Å². The molecule has 0 radical (unpaired) electrons. The first-order valence-corrected chi connectivity index (χ1v) is 6.12. The lowest BCUT2D eigenvalue weighted by Gasteiger charge is -2.36. The van der Waals surface area contributed by atoms with E-state index in [0.29, 0.717) is 0 Å². The minimum atomic E-state index is -0.0419. The normalized spacial score (nSPS) is 45.0. The fourth-order valence-corrected chi connectivity index (χ4v) is 3.20. The van der Waals surface area contributed by atoms with Crippen molar-refractivity contribution in [2.24, 2.45) is 11.8 Å². The van der Waals surface area contributed by atoms with Crippen LogP contribution in [0.25, 0.3) is 0 Å². The largest absolute Gasteiger partial charge is 0.393 e. The van der Waals surface area contributed by atoms with Gasteiger partial charge in [0.2, 0.25) is 0 Å². The molecule has 0 amide bonds. The molecule has 0 heterocycles. The molecule has 2 aliphatic carbocycles. The van der Waals surface area contributed by atoms with Gasteiger partial charge in [-0.2, -0.15) is 0 Å². The molecule has 0 aromatic heterocycles. The first kappa shape index (κ1) is 10.4. The molecule has 0 unspecified atom stereocenters. The van der Waals surface area contributed by atoms with E-state index in [-0.39, 0.29) is 12.2 Å². The van der Waals surface area contributed by atoms with Gasteiger partial charge in [0, 0.05) is 0 Å². The SMILES string of the molecule is OC1CCC([C@H]2CCC[C@@H](O)C2)CC1. The molecule has 2 N–H and O–H groups in total. The van der Waals surface area contributed by atoms with Crippen LogP contribution in [0.15, 0.2) is 0 Å². The number of aliphatic hydroxyl groups excluding tert-OH is 2. The van der Waals surface area contributed by atoms with E-state index >= 15 is 0 Å². The van der Waals surface area contributed by atoms with Gasteiger partial charge in [0.15, 0.2) is 0 Å². The summed E-state index contributed by atoms with van der Waals surface area (Å²) in [6, 6.07) is 0. The Balaban J connectivity index is 1.82. The Morgan fingerprint density at radius 2 is 1.36 bits per heavy atom. The van der Waals surface area contributed by atoms with E-state index in [1.807, 2.05) is 0 Å². The Morgan fingerprint density at radius 3 is 2.00 bits per heavy atom. The maximum Gasteiger partial charge on any atom is 0.0543 e. The molecule has 0 aliphatic heterocycles. The predicted octanol–water partition coefficient (Wildman–Crippen LogP) is 2.09. The van der Waals surface area contributed by atoms with Crippen LogP contribution in [0.4, 0.5) is 0 Å². The highest BCUT2D eigenvalue weighted by molar-refractivity contribution is 4.81. The van der Waals surface area contributed by atoms with E-state index in [4.69, 9.17) is 0 Å². The zero-order chi connectivity index (χ0) is 9.97. The standard InChI is InChI=1S/C12H22O2/c13-11-6-4-9(5-7-11)10-2-1-3-12(14)8-10/h9-14H,1-8H2/t9?,10-,11?,12+/m0/s1. The first-order chi connectivity index (χ1) is 6.75. The van der Waals surface area contributed by atoms with Crippen LogP contribution in [0.1, 0.15) is 51.4 Å². The van der Waals surface area contributed by atoms with Gasteiger partial charge in [-0.1, -0.05) is 6.42 Å². The first-order valence-electron chi connectivity index (χ1n) is 6.12. The topological polar surface area (TPSA) is 40.5 Å². The zero-order valence-corrected chi connectivity index (χ0v) is 8.86. The number of rotatable bonds is 1. The predicted molar refractivity (Wildman–Crippen MR) is 55.9 cm³/mol. The Hall–Kier alpha value is -0.0800. The van der Waals surface area contributed by atoms with Crippen LogP contribution in [-0.4, -0.2) is 22.4 Å². The van der Waals surface area contributed by atoms with E-state index in [0.717, 1.165) is 37.5 Å². The molecule has 2 heteroatoms. The molecule has 2 nitrogen and oxygen atoms in total. The van der Waals surface area contributed by atoms with E-state index < -0.39 is 0 Å². The van der Waals surface area contributed by atoms with E-state index in [1.54, 1.807) is 0 Å². The third-order valence-electron chi connectivity index (χ3n) is 4.10. The smallest absolute Gasteiger partial charge is 0.0543 e. The van der Waals surface area contributed by atoms with E-state index in [9.17, 15) is 10.2 Å². The lowest BCUT2D eigenvalue weighted by molar-refractivity contribution is 0.0452. The van der Waals surface area contributed by atoms with Gasteiger partial charge in [-0.05, 0) is 56.8 Å². The molecule has 2 aliphatic rings. The minimum absolute atomic E-state index is 0.0411. The van der Waals surface area contributed by atoms with Crippen molar-refractivity contribution < 1.29 is 10.2 Å². The summed E-state index contributed by atoms with van der Waals surface area (Å²) in [6.07, 6.45) is 8.77. The Kier molecular flexibility index (Phi) is 3.45. The van der Waals surface area contributed by atoms with E-state index in [1.165, 1.54) is 25.7 Å². The molecule has 0 aromatic rings. The van der Waals surface area contributed by atoms with Crippen molar-refractivity contribution in [1.82, 2.24) is 0 Å². The summed E-state index contributed by atoms with van der Waals surface area (Å²) in [5, 5.41) is 19.0. The van der Waals surface area contributed by atoms with Crippen molar-refractivity contribution in [3.63, 3.8) is 0 Å². The Bertz CT molecular complexity index is 173. The average molecular weight is 198 g/mol. The quantitative estimate of drug-likeness (QED) is 0.677. The molecular formula is C12H22O2. The minimum Gasteiger partial charge on any atom is -0.393 e. The number of aliphatic hydroxyl groups is 2. The van der Waals surface area contributed by atoms with Crippen LogP contribution in [-0.2, 0) is 0 Å². The maximum atomic E-state index is 9.61. The van der Waals surface area contributed by atoms with Gasteiger partial charge in [-0.3, -0.25) is 0 Å². The van der Waals surface area contributed by atoms with E-state index in [2.05, 4.69) is 0 Å². The summed E-state index contributed by atoms with van der Waals surface area (Å²) in [5.74, 6) is 1.53. The highest BCUT2D eigenvalue weighted by atomic mass is 16.3. The van der Waals surface area contributed by atoms with Crippen molar-refractivity contribution in [3.8, 4) is 0 Å². The molecule has 0 saturated heterocycles. The van der Waals surface area contributed by atoms with Crippen molar-refractivity contribution in [2.75, 3.05) is 0 Å². The maximum absolute atomic E-state index is 9.61. The molecule has 0 spiro atoms. The van der Waals surface area contributed by atoms with Crippen LogP contribution >= 0.6 is 0 Å². The zero-order valence-electron chi connectivity index (χ0n) is 8.86. The van der Waals surface area contributed by atoms with Gasteiger partial charge < -0.3 is 10.2 Å². The molecule has 82 valence electrons. The summed E-state index contributed by atoms with van der Waals surface area (Å²) in [4.78, 5) is 0. The van der Waals surface area contributed by atoms with Crippen LogP contribution in [0.3, 0.4) is 0 Å². The average Bonchev–Trinajstić information content (AvgIpc) is 2.19. The lowest BCUT2D eigenvalue weighted by Crippen LogP contribution is -2.29. The molecule has 2 atom stereocenters. The van der Waals surface area contributed by atoms with Gasteiger partial charge in [0.1, 0.15) is 0 Å². The van der Waals surface area contributed by atoms with Gasteiger partial charge in [-0.15, -0.1) is 0 Å². The molecular weight excluding hydrogens is 176 g/mol. The summed E-state index contributed by atoms with van der Waals surface area (Å²) < 4.78 is 0. The van der Waals surface area contributed by atoms with Crippen molar-refractivity contribution in [2.45, 2.75) is 63.6 Å². The second-order valence-corrected chi connectivity index (χ2v) is 5.15. The third kappa shape index (κ3) is 2.48. The molecule has 2 fully saturated rings. The van der Waals surface area contributed by atoms with Crippen LogP contribution < -0.4 is 0 Å². The Labute approximate surface area is 86.3 Å². The van der Waals surface area contributed by atoms with Crippen LogP contribution in [0.5, 0.6) is 0 Å². The monoisotopic (exact) mass is 198 g/mol. The fraction of sp³-hybridized carbons (Fsp3) is 1.00. The lowest BCUT2D eigenvalue weighted by atomic mass is 9.72. The molecule has 14 heavy (non-hydrogen) atoms. The summed E-state index contributed by atoms with van der Waals surface area (Å²) >= 11 is 0. The van der Waals surface area contributed by atoms with Crippen LogP contribution in [0, 0.1) is 11.8 Å². The number of hydrogen-bond donors (Lipinski definition) is 2. The Morgan fingerprint density at radius 1 is 0.643 bits per heavy atom. The highest BCUT2D eigenvalue weighted by Gasteiger charge is 2.30. The van der Waals surface area contributed by atoms with Gasteiger partial charge in [0.05, 0.1) is 12.2 Å².